The van der Waals surface area contributed by atoms with Crippen LogP contribution >= 0.6 is 0 Å². The Morgan fingerprint density at radius 3 is 2.38 bits per heavy atom. The summed E-state index contributed by atoms with van der Waals surface area (Å²) in [5.41, 5.74) is 1.68. The Morgan fingerprint density at radius 2 is 1.79 bits per heavy atom. The zero-order chi connectivity index (χ0) is 20.8. The molecule has 0 radical (unpaired) electrons. The van der Waals surface area contributed by atoms with Crippen LogP contribution in [0.5, 0.6) is 5.75 Å². The number of ketones is 1. The fourth-order valence-corrected chi connectivity index (χ4v) is 3.21. The highest BCUT2D eigenvalue weighted by Gasteiger charge is 2.23. The number of nitriles is 1. The lowest BCUT2D eigenvalue weighted by molar-refractivity contribution is -0.133. The fraction of sp³-hybridized carbons (Fsp3) is 0.318. The molecule has 1 saturated heterocycles. The maximum atomic E-state index is 14.3. The number of benzene rings is 2. The number of nitrogens with zero attached hydrogens (tertiary/aromatic N) is 3. The molecule has 1 aliphatic rings. The van der Waals surface area contributed by atoms with Gasteiger partial charge in [-0.2, -0.15) is 5.26 Å². The van der Waals surface area contributed by atoms with E-state index in [1.807, 2.05) is 4.90 Å². The van der Waals surface area contributed by atoms with Crippen molar-refractivity contribution >= 4 is 17.4 Å². The van der Waals surface area contributed by atoms with E-state index in [1.165, 1.54) is 13.0 Å². The van der Waals surface area contributed by atoms with Crippen molar-refractivity contribution < 1.29 is 18.7 Å². The fourth-order valence-electron chi connectivity index (χ4n) is 3.21. The summed E-state index contributed by atoms with van der Waals surface area (Å²) in [4.78, 5) is 27.3. The molecule has 6 nitrogen and oxygen atoms in total. The lowest BCUT2D eigenvalue weighted by Gasteiger charge is -2.36. The van der Waals surface area contributed by atoms with Gasteiger partial charge in [-0.15, -0.1) is 0 Å². The van der Waals surface area contributed by atoms with Crippen molar-refractivity contribution in [2.24, 2.45) is 0 Å². The Morgan fingerprint density at radius 1 is 1.10 bits per heavy atom. The lowest BCUT2D eigenvalue weighted by Crippen LogP contribution is -2.50. The van der Waals surface area contributed by atoms with Gasteiger partial charge >= 0.3 is 0 Å². The first-order valence-corrected chi connectivity index (χ1v) is 9.40. The van der Waals surface area contributed by atoms with E-state index in [9.17, 15) is 14.0 Å². The topological polar surface area (TPSA) is 73.6 Å². The monoisotopic (exact) mass is 395 g/mol. The van der Waals surface area contributed by atoms with E-state index in [0.29, 0.717) is 49.6 Å². The molecule has 0 aromatic heterocycles. The van der Waals surface area contributed by atoms with Crippen LogP contribution < -0.4 is 9.64 Å². The third kappa shape index (κ3) is 5.11. The largest absolute Gasteiger partial charge is 0.484 e. The minimum absolute atomic E-state index is 0.0702. The van der Waals surface area contributed by atoms with E-state index in [2.05, 4.69) is 6.07 Å². The van der Waals surface area contributed by atoms with Crippen LogP contribution in [0.25, 0.3) is 0 Å². The van der Waals surface area contributed by atoms with Crippen molar-refractivity contribution in [2.75, 3.05) is 37.7 Å². The molecule has 2 aromatic rings. The number of piperazine rings is 1. The third-order valence-electron chi connectivity index (χ3n) is 4.90. The van der Waals surface area contributed by atoms with Gasteiger partial charge in [-0.3, -0.25) is 9.59 Å². The molecular weight excluding hydrogens is 373 g/mol. The van der Waals surface area contributed by atoms with E-state index >= 15 is 0 Å². The molecule has 1 fully saturated rings. The number of Topliss-reactive ketones (excluding diaryl/α,β-unsaturated/α-hetero) is 1. The number of rotatable bonds is 6. The molecule has 2 aromatic carbocycles. The van der Waals surface area contributed by atoms with Crippen molar-refractivity contribution in [1.82, 2.24) is 4.90 Å². The van der Waals surface area contributed by atoms with Gasteiger partial charge in [-0.05, 0) is 42.8 Å². The maximum Gasteiger partial charge on any atom is 0.260 e. The van der Waals surface area contributed by atoms with Crippen LogP contribution in [0.1, 0.15) is 22.8 Å². The average Bonchev–Trinajstić information content (AvgIpc) is 2.73. The molecule has 1 aliphatic heterocycles. The molecule has 1 amide bonds. The molecule has 0 aliphatic carbocycles. The Labute approximate surface area is 169 Å². The standard InChI is InChI=1S/C22H22FN3O3/c1-16(27)18-4-7-21(20(23)14-18)25-10-12-26(13-11-25)22(28)15-29-19-5-2-17(3-6-19)8-9-24/h2-7,14H,8,10-13,15H2,1H3. The van der Waals surface area contributed by atoms with Gasteiger partial charge in [0, 0.05) is 31.7 Å². The second kappa shape index (κ2) is 9.20. The average molecular weight is 395 g/mol. The molecule has 0 spiro atoms. The Hall–Kier alpha value is -3.40. The number of anilines is 1. The van der Waals surface area contributed by atoms with Crippen molar-refractivity contribution in [3.63, 3.8) is 0 Å². The highest BCUT2D eigenvalue weighted by molar-refractivity contribution is 5.94. The van der Waals surface area contributed by atoms with Crippen LogP contribution in [-0.4, -0.2) is 49.4 Å². The molecule has 29 heavy (non-hydrogen) atoms. The van der Waals surface area contributed by atoms with Crippen LogP contribution in [0.3, 0.4) is 0 Å². The van der Waals surface area contributed by atoms with Crippen LogP contribution in [0, 0.1) is 17.1 Å². The number of hydrogen-bond acceptors (Lipinski definition) is 5. The highest BCUT2D eigenvalue weighted by Crippen LogP contribution is 2.22. The highest BCUT2D eigenvalue weighted by atomic mass is 19.1. The molecule has 3 rings (SSSR count). The van der Waals surface area contributed by atoms with Gasteiger partial charge in [0.05, 0.1) is 18.2 Å². The molecule has 7 heteroatoms. The van der Waals surface area contributed by atoms with Gasteiger partial charge in [0.25, 0.3) is 5.91 Å². The number of hydrogen-bond donors (Lipinski definition) is 0. The number of carbonyl (C=O) groups is 2. The summed E-state index contributed by atoms with van der Waals surface area (Å²) in [5, 5.41) is 8.68. The van der Waals surface area contributed by atoms with Crippen molar-refractivity contribution in [3.05, 3.63) is 59.4 Å². The van der Waals surface area contributed by atoms with Gasteiger partial charge in [0.1, 0.15) is 11.6 Å². The summed E-state index contributed by atoms with van der Waals surface area (Å²) in [7, 11) is 0. The molecule has 0 atom stereocenters. The summed E-state index contributed by atoms with van der Waals surface area (Å²) in [5.74, 6) is -0.157. The smallest absolute Gasteiger partial charge is 0.260 e. The number of halogens is 1. The van der Waals surface area contributed by atoms with E-state index < -0.39 is 5.82 Å². The van der Waals surface area contributed by atoms with Crippen LogP contribution in [-0.2, 0) is 11.2 Å². The quantitative estimate of drug-likeness (QED) is 0.704. The SMILES string of the molecule is CC(=O)c1ccc(N2CCN(C(=O)COc3ccc(CC#N)cc3)CC2)c(F)c1. The molecule has 0 N–H and O–H groups in total. The first kappa shape index (κ1) is 20.3. The summed E-state index contributed by atoms with van der Waals surface area (Å²) >= 11 is 0. The van der Waals surface area contributed by atoms with Gasteiger partial charge in [-0.1, -0.05) is 12.1 Å². The summed E-state index contributed by atoms with van der Waals surface area (Å²) in [6, 6.07) is 13.6. The van der Waals surface area contributed by atoms with Crippen LogP contribution in [0.2, 0.25) is 0 Å². The molecule has 150 valence electrons. The predicted octanol–water partition coefficient (Wildman–Crippen LogP) is 2.82. The third-order valence-corrected chi connectivity index (χ3v) is 4.90. The number of carbonyl (C=O) groups excluding carboxylic acids is 2. The van der Waals surface area contributed by atoms with Crippen molar-refractivity contribution in [1.29, 1.82) is 5.26 Å². The minimum atomic E-state index is -0.430. The number of amides is 1. The Bertz CT molecular complexity index is 929. The molecule has 1 heterocycles. The summed E-state index contributed by atoms with van der Waals surface area (Å²) in [6.45, 7) is 3.28. The van der Waals surface area contributed by atoms with Gasteiger partial charge in [0.2, 0.25) is 0 Å². The zero-order valence-corrected chi connectivity index (χ0v) is 16.2. The molecular formula is C22H22FN3O3. The van der Waals surface area contributed by atoms with E-state index in [1.54, 1.807) is 41.3 Å². The summed E-state index contributed by atoms with van der Waals surface area (Å²) in [6.07, 6.45) is 0.335. The minimum Gasteiger partial charge on any atom is -0.484 e. The Balaban J connectivity index is 1.50. The molecule has 0 unspecified atom stereocenters. The van der Waals surface area contributed by atoms with Crippen molar-refractivity contribution in [3.8, 4) is 11.8 Å². The van der Waals surface area contributed by atoms with E-state index in [-0.39, 0.29) is 18.3 Å². The van der Waals surface area contributed by atoms with Crippen LogP contribution in [0.4, 0.5) is 10.1 Å². The van der Waals surface area contributed by atoms with Gasteiger partial charge in [0.15, 0.2) is 12.4 Å². The Kier molecular flexibility index (Phi) is 6.45. The zero-order valence-electron chi connectivity index (χ0n) is 16.2. The van der Waals surface area contributed by atoms with E-state index in [4.69, 9.17) is 10.00 Å². The molecule has 0 bridgehead atoms. The second-order valence-electron chi connectivity index (χ2n) is 6.86. The summed E-state index contributed by atoms with van der Waals surface area (Å²) < 4.78 is 19.9. The molecule has 0 saturated carbocycles. The second-order valence-corrected chi connectivity index (χ2v) is 6.86. The number of ether oxygens (including phenoxy) is 1. The predicted molar refractivity (Wildman–Crippen MR) is 106 cm³/mol. The lowest BCUT2D eigenvalue weighted by atomic mass is 10.1. The first-order valence-electron chi connectivity index (χ1n) is 9.40. The first-order chi connectivity index (χ1) is 14.0. The van der Waals surface area contributed by atoms with Crippen molar-refractivity contribution in [2.45, 2.75) is 13.3 Å². The van der Waals surface area contributed by atoms with Crippen LogP contribution in [0.15, 0.2) is 42.5 Å². The normalized spacial score (nSPS) is 13.7. The van der Waals surface area contributed by atoms with Gasteiger partial charge < -0.3 is 14.5 Å². The maximum absolute atomic E-state index is 14.3. The van der Waals surface area contributed by atoms with E-state index in [0.717, 1.165) is 5.56 Å². The van der Waals surface area contributed by atoms with Gasteiger partial charge in [-0.25, -0.2) is 4.39 Å².